The van der Waals surface area contributed by atoms with Crippen molar-refractivity contribution in [2.24, 2.45) is 0 Å². The van der Waals surface area contributed by atoms with Crippen LogP contribution in [0.1, 0.15) is 10.4 Å². The van der Waals surface area contributed by atoms with Crippen LogP contribution in [-0.4, -0.2) is 49.0 Å². The molecule has 0 atom stereocenters. The van der Waals surface area contributed by atoms with Crippen LogP contribution in [0.25, 0.3) is 0 Å². The van der Waals surface area contributed by atoms with Gasteiger partial charge in [-0.25, -0.2) is 0 Å². The molecule has 0 saturated carbocycles. The molecule has 0 saturated heterocycles. The number of fused-ring (bicyclic) bond motifs is 1. The molecule has 0 radical (unpaired) electrons. The SMILES string of the molecule is COc1ccc(C(=O)CN2C(=O)COc3ccc([N+](=O)[O-])nc32)c(OC)c1. The summed E-state index contributed by atoms with van der Waals surface area (Å²) in [5, 5.41) is 11.0. The van der Waals surface area contributed by atoms with Crippen molar-refractivity contribution in [3.8, 4) is 17.2 Å². The number of aromatic nitrogens is 1. The van der Waals surface area contributed by atoms with E-state index in [1.807, 2.05) is 0 Å². The fourth-order valence-corrected chi connectivity index (χ4v) is 2.59. The lowest BCUT2D eigenvalue weighted by Crippen LogP contribution is -2.42. The Morgan fingerprint density at radius 1 is 1.30 bits per heavy atom. The van der Waals surface area contributed by atoms with Crippen LogP contribution in [0, 0.1) is 10.1 Å². The molecule has 27 heavy (non-hydrogen) atoms. The lowest BCUT2D eigenvalue weighted by atomic mass is 10.1. The van der Waals surface area contributed by atoms with Crippen molar-refractivity contribution in [2.75, 3.05) is 32.3 Å². The van der Waals surface area contributed by atoms with E-state index in [0.717, 1.165) is 4.90 Å². The maximum atomic E-state index is 12.7. The number of anilines is 1. The second-order valence-electron chi connectivity index (χ2n) is 5.51. The number of ketones is 1. The monoisotopic (exact) mass is 373 g/mol. The van der Waals surface area contributed by atoms with Gasteiger partial charge in [0.1, 0.15) is 11.5 Å². The molecule has 0 spiro atoms. The lowest BCUT2D eigenvalue weighted by molar-refractivity contribution is -0.389. The van der Waals surface area contributed by atoms with E-state index in [-0.39, 0.29) is 36.0 Å². The van der Waals surface area contributed by atoms with Gasteiger partial charge >= 0.3 is 5.82 Å². The summed E-state index contributed by atoms with van der Waals surface area (Å²) in [5.74, 6) is -0.497. The molecule has 2 aromatic rings. The topological polar surface area (TPSA) is 121 Å². The van der Waals surface area contributed by atoms with E-state index in [1.54, 1.807) is 12.1 Å². The maximum absolute atomic E-state index is 12.7. The Kier molecular flexibility index (Phi) is 4.88. The van der Waals surface area contributed by atoms with Crippen LogP contribution in [0.3, 0.4) is 0 Å². The first kappa shape index (κ1) is 18.1. The molecule has 10 nitrogen and oxygen atoms in total. The van der Waals surface area contributed by atoms with E-state index in [0.29, 0.717) is 5.75 Å². The number of pyridine rings is 1. The highest BCUT2D eigenvalue weighted by Crippen LogP contribution is 2.33. The molecular weight excluding hydrogens is 358 g/mol. The Balaban J connectivity index is 1.94. The first-order chi connectivity index (χ1) is 12.9. The summed E-state index contributed by atoms with van der Waals surface area (Å²) in [6.07, 6.45) is 0. The Morgan fingerprint density at radius 3 is 2.74 bits per heavy atom. The van der Waals surface area contributed by atoms with Crippen molar-refractivity contribution in [3.63, 3.8) is 0 Å². The van der Waals surface area contributed by atoms with Gasteiger partial charge in [0, 0.05) is 12.1 Å². The van der Waals surface area contributed by atoms with Gasteiger partial charge in [-0.2, -0.15) is 0 Å². The average molecular weight is 373 g/mol. The number of rotatable bonds is 6. The van der Waals surface area contributed by atoms with Gasteiger partial charge in [-0.1, -0.05) is 0 Å². The number of nitrogens with zero attached hydrogens (tertiary/aromatic N) is 3. The third kappa shape index (κ3) is 3.50. The smallest absolute Gasteiger partial charge is 0.366 e. The van der Waals surface area contributed by atoms with Crippen LogP contribution >= 0.6 is 0 Å². The second kappa shape index (κ2) is 7.28. The largest absolute Gasteiger partial charge is 0.497 e. The van der Waals surface area contributed by atoms with Crippen LogP contribution in [0.5, 0.6) is 17.2 Å². The highest BCUT2D eigenvalue weighted by Gasteiger charge is 2.34. The summed E-state index contributed by atoms with van der Waals surface area (Å²) in [6.45, 7) is -0.661. The molecule has 0 fully saturated rings. The summed E-state index contributed by atoms with van der Waals surface area (Å²) in [7, 11) is 2.89. The number of benzene rings is 1. The first-order valence-electron chi connectivity index (χ1n) is 7.78. The summed E-state index contributed by atoms with van der Waals surface area (Å²) < 4.78 is 15.5. The standard InChI is InChI=1S/C17H15N3O7/c1-25-10-3-4-11(14(7-10)26-2)12(21)8-19-16(22)9-27-13-5-6-15(20(23)24)18-17(13)19/h3-7H,8-9H2,1-2H3. The summed E-state index contributed by atoms with van der Waals surface area (Å²) >= 11 is 0. The number of methoxy groups -OCH3 is 2. The average Bonchev–Trinajstić information content (AvgIpc) is 2.68. The van der Waals surface area contributed by atoms with Crippen molar-refractivity contribution in [1.29, 1.82) is 0 Å². The molecule has 0 aliphatic carbocycles. The maximum Gasteiger partial charge on any atom is 0.366 e. The molecule has 140 valence electrons. The summed E-state index contributed by atoms with van der Waals surface area (Å²) in [4.78, 5) is 40.2. The molecule has 1 aliphatic rings. The number of ether oxygens (including phenoxy) is 3. The predicted octanol–water partition coefficient (Wildman–Crippen LogP) is 1.62. The summed E-state index contributed by atoms with van der Waals surface area (Å²) in [5.41, 5.74) is 0.240. The normalized spacial score (nSPS) is 12.8. The van der Waals surface area contributed by atoms with E-state index in [1.165, 1.54) is 32.4 Å². The van der Waals surface area contributed by atoms with E-state index in [2.05, 4.69) is 4.98 Å². The van der Waals surface area contributed by atoms with E-state index < -0.39 is 22.4 Å². The van der Waals surface area contributed by atoms with Gasteiger partial charge in [-0.3, -0.25) is 14.5 Å². The molecule has 0 bridgehead atoms. The van der Waals surface area contributed by atoms with Gasteiger partial charge in [0.25, 0.3) is 11.7 Å². The van der Waals surface area contributed by atoms with Gasteiger partial charge in [0.05, 0.1) is 26.3 Å². The second-order valence-corrected chi connectivity index (χ2v) is 5.51. The molecule has 1 aliphatic heterocycles. The number of hydrogen-bond donors (Lipinski definition) is 0. The van der Waals surface area contributed by atoms with E-state index in [9.17, 15) is 19.7 Å². The highest BCUT2D eigenvalue weighted by molar-refractivity contribution is 6.08. The Bertz CT molecular complexity index is 929. The third-order valence-corrected chi connectivity index (χ3v) is 3.93. The van der Waals surface area contributed by atoms with Crippen molar-refractivity contribution < 1.29 is 28.7 Å². The molecule has 10 heteroatoms. The molecule has 2 heterocycles. The Hall–Kier alpha value is -3.69. The number of hydrogen-bond acceptors (Lipinski definition) is 8. The molecule has 1 amide bonds. The fourth-order valence-electron chi connectivity index (χ4n) is 2.59. The Labute approximate surface area is 153 Å². The van der Waals surface area contributed by atoms with Crippen LogP contribution in [0.4, 0.5) is 11.6 Å². The number of carbonyl (C=O) groups excluding carboxylic acids is 2. The minimum atomic E-state index is -0.689. The van der Waals surface area contributed by atoms with Crippen molar-refractivity contribution in [2.45, 2.75) is 0 Å². The quantitative estimate of drug-likeness (QED) is 0.425. The Morgan fingerprint density at radius 2 is 2.07 bits per heavy atom. The molecule has 0 unspecified atom stereocenters. The lowest BCUT2D eigenvalue weighted by Gasteiger charge is -2.25. The van der Waals surface area contributed by atoms with Crippen LogP contribution in [0.2, 0.25) is 0 Å². The van der Waals surface area contributed by atoms with Crippen LogP contribution in [0.15, 0.2) is 30.3 Å². The molecule has 1 aromatic heterocycles. The minimum Gasteiger partial charge on any atom is -0.497 e. The van der Waals surface area contributed by atoms with Crippen molar-refractivity contribution in [3.05, 3.63) is 46.0 Å². The van der Waals surface area contributed by atoms with Gasteiger partial charge in [-0.05, 0) is 28.1 Å². The van der Waals surface area contributed by atoms with Gasteiger partial charge in [0.2, 0.25) is 0 Å². The highest BCUT2D eigenvalue weighted by atomic mass is 16.6. The first-order valence-corrected chi connectivity index (χ1v) is 7.78. The molecular formula is C17H15N3O7. The zero-order chi connectivity index (χ0) is 19.6. The number of Topliss-reactive ketones (excluding diaryl/α,β-unsaturated/α-hetero) is 1. The van der Waals surface area contributed by atoms with Crippen molar-refractivity contribution >= 4 is 23.3 Å². The van der Waals surface area contributed by atoms with Gasteiger partial charge in [-0.15, -0.1) is 0 Å². The number of carbonyl (C=O) groups is 2. The van der Waals surface area contributed by atoms with Gasteiger partial charge in [0.15, 0.2) is 18.1 Å². The minimum absolute atomic E-state index is 0.0683. The van der Waals surface area contributed by atoms with Gasteiger partial charge < -0.3 is 24.3 Å². The van der Waals surface area contributed by atoms with Crippen LogP contribution in [-0.2, 0) is 4.79 Å². The fraction of sp³-hybridized carbons (Fsp3) is 0.235. The molecule has 3 rings (SSSR count). The predicted molar refractivity (Wildman–Crippen MR) is 92.6 cm³/mol. The number of nitro groups is 1. The van der Waals surface area contributed by atoms with Crippen LogP contribution < -0.4 is 19.1 Å². The summed E-state index contributed by atoms with van der Waals surface area (Å²) in [6, 6.07) is 7.17. The van der Waals surface area contributed by atoms with Crippen molar-refractivity contribution in [1.82, 2.24) is 4.98 Å². The third-order valence-electron chi connectivity index (χ3n) is 3.93. The molecule has 0 N–H and O–H groups in total. The zero-order valence-electron chi connectivity index (χ0n) is 14.5. The number of amides is 1. The zero-order valence-corrected chi connectivity index (χ0v) is 14.5. The van der Waals surface area contributed by atoms with E-state index >= 15 is 0 Å². The van der Waals surface area contributed by atoms with E-state index in [4.69, 9.17) is 14.2 Å². The molecule has 1 aromatic carbocycles.